The van der Waals surface area contributed by atoms with E-state index in [0.29, 0.717) is 6.54 Å². The van der Waals surface area contributed by atoms with Crippen LogP contribution in [0.3, 0.4) is 0 Å². The Kier molecular flexibility index (Phi) is 6.45. The topological polar surface area (TPSA) is 74.1 Å². The number of rotatable bonds is 9. The van der Waals surface area contributed by atoms with Crippen LogP contribution in [0.25, 0.3) is 5.69 Å². The molecule has 0 atom stereocenters. The quantitative estimate of drug-likeness (QED) is 0.458. The summed E-state index contributed by atoms with van der Waals surface area (Å²) in [6.07, 6.45) is 0. The molecule has 0 radical (unpaired) electrons. The van der Waals surface area contributed by atoms with Crippen molar-refractivity contribution in [2.45, 2.75) is 11.7 Å². The lowest BCUT2D eigenvalue weighted by atomic mass is 10.2. The van der Waals surface area contributed by atoms with Gasteiger partial charge in [-0.05, 0) is 40.8 Å². The molecule has 3 rings (SSSR count). The van der Waals surface area contributed by atoms with E-state index >= 15 is 0 Å². The van der Waals surface area contributed by atoms with Gasteiger partial charge in [0.05, 0.1) is 19.9 Å². The molecule has 0 saturated heterocycles. The minimum atomic E-state index is 0.699. The highest BCUT2D eigenvalue weighted by Crippen LogP contribution is 2.24. The van der Waals surface area contributed by atoms with Crippen molar-refractivity contribution in [2.24, 2.45) is 0 Å². The second kappa shape index (κ2) is 9.21. The summed E-state index contributed by atoms with van der Waals surface area (Å²) >= 11 is 1.61. The maximum absolute atomic E-state index is 5.39. The van der Waals surface area contributed by atoms with E-state index in [1.165, 1.54) is 0 Å². The van der Waals surface area contributed by atoms with Crippen LogP contribution in [0.1, 0.15) is 5.56 Å². The predicted octanol–water partition coefficient (Wildman–Crippen LogP) is 2.56. The van der Waals surface area contributed by atoms with Gasteiger partial charge in [-0.1, -0.05) is 30.0 Å². The van der Waals surface area contributed by atoms with Crippen LogP contribution in [-0.4, -0.2) is 46.7 Å². The average molecular weight is 371 g/mol. The number of methoxy groups -OCH3 is 2. The number of para-hydroxylation sites is 1. The fraction of sp³-hybridized carbons (Fsp3) is 0.278. The molecule has 7 nitrogen and oxygen atoms in total. The largest absolute Gasteiger partial charge is 0.497 e. The molecular weight excluding hydrogens is 350 g/mol. The van der Waals surface area contributed by atoms with Gasteiger partial charge in [0.1, 0.15) is 11.5 Å². The van der Waals surface area contributed by atoms with Gasteiger partial charge in [0.15, 0.2) is 0 Å². The van der Waals surface area contributed by atoms with Gasteiger partial charge < -0.3 is 14.8 Å². The molecule has 0 aliphatic heterocycles. The van der Waals surface area contributed by atoms with Crippen LogP contribution < -0.4 is 14.8 Å². The van der Waals surface area contributed by atoms with Crippen LogP contribution >= 0.6 is 11.8 Å². The Hall–Kier alpha value is -2.58. The fourth-order valence-corrected chi connectivity index (χ4v) is 3.25. The zero-order chi connectivity index (χ0) is 18.2. The standard InChI is InChI=1S/C18H21N5O2S/c1-24-16-8-9-17(25-2)14(12-16)13-19-10-11-26-18-20-21-22-23(18)15-6-4-3-5-7-15/h3-9,12,19H,10-11,13H2,1-2H3. The molecule has 0 aliphatic carbocycles. The molecule has 3 aromatic rings. The summed E-state index contributed by atoms with van der Waals surface area (Å²) in [5.74, 6) is 2.51. The lowest BCUT2D eigenvalue weighted by Gasteiger charge is -2.11. The maximum atomic E-state index is 5.39. The Labute approximate surface area is 156 Å². The molecule has 136 valence electrons. The summed E-state index contributed by atoms with van der Waals surface area (Å²) in [5.41, 5.74) is 2.01. The average Bonchev–Trinajstić information content (AvgIpc) is 3.16. The molecule has 1 N–H and O–H groups in total. The first-order chi connectivity index (χ1) is 12.8. The molecule has 0 unspecified atom stereocenters. The van der Waals surface area contributed by atoms with Gasteiger partial charge in [-0.3, -0.25) is 0 Å². The molecule has 1 heterocycles. The van der Waals surface area contributed by atoms with Crippen molar-refractivity contribution >= 4 is 11.8 Å². The number of nitrogens with one attached hydrogen (secondary N) is 1. The number of ether oxygens (including phenoxy) is 2. The van der Waals surface area contributed by atoms with Gasteiger partial charge in [0.2, 0.25) is 5.16 Å². The van der Waals surface area contributed by atoms with E-state index in [-0.39, 0.29) is 0 Å². The van der Waals surface area contributed by atoms with Crippen molar-refractivity contribution in [3.05, 3.63) is 54.1 Å². The van der Waals surface area contributed by atoms with Gasteiger partial charge in [-0.25, -0.2) is 0 Å². The lowest BCUT2D eigenvalue weighted by molar-refractivity contribution is 0.397. The number of aromatic nitrogens is 4. The number of benzene rings is 2. The molecule has 2 aromatic carbocycles. The van der Waals surface area contributed by atoms with Crippen molar-refractivity contribution in [3.8, 4) is 17.2 Å². The van der Waals surface area contributed by atoms with E-state index in [2.05, 4.69) is 20.8 Å². The van der Waals surface area contributed by atoms with Crippen molar-refractivity contribution in [3.63, 3.8) is 0 Å². The molecule has 8 heteroatoms. The summed E-state index contributed by atoms with van der Waals surface area (Å²) in [6.45, 7) is 1.51. The van der Waals surface area contributed by atoms with Crippen LogP contribution in [0.2, 0.25) is 0 Å². The summed E-state index contributed by atoms with van der Waals surface area (Å²) in [6, 6.07) is 15.6. The van der Waals surface area contributed by atoms with Gasteiger partial charge in [0, 0.05) is 24.4 Å². The van der Waals surface area contributed by atoms with E-state index in [1.807, 2.05) is 48.5 Å². The molecule has 1 aromatic heterocycles. The Morgan fingerprint density at radius 2 is 1.92 bits per heavy atom. The van der Waals surface area contributed by atoms with Crippen molar-refractivity contribution in [1.82, 2.24) is 25.5 Å². The first-order valence-electron chi connectivity index (χ1n) is 8.20. The molecule has 0 amide bonds. The third-order valence-corrected chi connectivity index (χ3v) is 4.68. The number of thioether (sulfide) groups is 1. The maximum Gasteiger partial charge on any atom is 0.214 e. The highest BCUT2D eigenvalue weighted by atomic mass is 32.2. The molecule has 0 spiro atoms. The van der Waals surface area contributed by atoms with Gasteiger partial charge in [-0.2, -0.15) is 4.68 Å². The summed E-state index contributed by atoms with van der Waals surface area (Å²) in [4.78, 5) is 0. The van der Waals surface area contributed by atoms with Crippen LogP contribution in [0.5, 0.6) is 11.5 Å². The molecule has 0 bridgehead atoms. The number of hydrogen-bond acceptors (Lipinski definition) is 7. The summed E-state index contributed by atoms with van der Waals surface area (Å²) in [5, 5.41) is 16.1. The SMILES string of the molecule is COc1ccc(OC)c(CNCCSc2nnnn2-c2ccccc2)c1. The second-order valence-corrected chi connectivity index (χ2v) is 6.47. The number of tetrazole rings is 1. The Morgan fingerprint density at radius 1 is 1.08 bits per heavy atom. The summed E-state index contributed by atoms with van der Waals surface area (Å²) < 4.78 is 12.4. The number of hydrogen-bond donors (Lipinski definition) is 1. The molecule has 0 fully saturated rings. The third-order valence-electron chi connectivity index (χ3n) is 3.75. The first-order valence-corrected chi connectivity index (χ1v) is 9.18. The molecular formula is C18H21N5O2S. The third kappa shape index (κ3) is 4.53. The minimum absolute atomic E-state index is 0.699. The van der Waals surface area contributed by atoms with Crippen LogP contribution in [-0.2, 0) is 6.54 Å². The summed E-state index contributed by atoms with van der Waals surface area (Å²) in [7, 11) is 3.33. The van der Waals surface area contributed by atoms with Crippen LogP contribution in [0.15, 0.2) is 53.7 Å². The van der Waals surface area contributed by atoms with E-state index in [9.17, 15) is 0 Å². The van der Waals surface area contributed by atoms with E-state index in [0.717, 1.165) is 40.2 Å². The van der Waals surface area contributed by atoms with Crippen LogP contribution in [0.4, 0.5) is 0 Å². The molecule has 0 aliphatic rings. The van der Waals surface area contributed by atoms with Gasteiger partial charge in [-0.15, -0.1) is 5.10 Å². The smallest absolute Gasteiger partial charge is 0.214 e. The highest BCUT2D eigenvalue weighted by molar-refractivity contribution is 7.99. The van der Waals surface area contributed by atoms with Crippen molar-refractivity contribution in [2.75, 3.05) is 26.5 Å². The number of nitrogens with zero attached hydrogens (tertiary/aromatic N) is 4. The Morgan fingerprint density at radius 3 is 2.69 bits per heavy atom. The molecule has 0 saturated carbocycles. The first kappa shape index (κ1) is 18.2. The van der Waals surface area contributed by atoms with Crippen molar-refractivity contribution < 1.29 is 9.47 Å². The lowest BCUT2D eigenvalue weighted by Crippen LogP contribution is -2.17. The van der Waals surface area contributed by atoms with Crippen molar-refractivity contribution in [1.29, 1.82) is 0 Å². The zero-order valence-corrected chi connectivity index (χ0v) is 15.6. The fourth-order valence-electron chi connectivity index (χ4n) is 2.46. The predicted molar refractivity (Wildman–Crippen MR) is 101 cm³/mol. The minimum Gasteiger partial charge on any atom is -0.497 e. The zero-order valence-electron chi connectivity index (χ0n) is 14.8. The van der Waals surface area contributed by atoms with E-state index < -0.39 is 0 Å². The Bertz CT molecular complexity index is 825. The van der Waals surface area contributed by atoms with E-state index in [4.69, 9.17) is 9.47 Å². The normalized spacial score (nSPS) is 10.7. The van der Waals surface area contributed by atoms with Gasteiger partial charge >= 0.3 is 0 Å². The second-order valence-electron chi connectivity index (χ2n) is 5.41. The van der Waals surface area contributed by atoms with Gasteiger partial charge in [0.25, 0.3) is 0 Å². The Balaban J connectivity index is 1.51. The van der Waals surface area contributed by atoms with Crippen LogP contribution in [0, 0.1) is 0 Å². The van der Waals surface area contributed by atoms with E-state index in [1.54, 1.807) is 30.7 Å². The highest BCUT2D eigenvalue weighted by Gasteiger charge is 2.09. The molecule has 26 heavy (non-hydrogen) atoms. The monoisotopic (exact) mass is 371 g/mol.